The number of carbonyl (C=O) groups is 1. The molecule has 0 spiro atoms. The van der Waals surface area contributed by atoms with E-state index in [-0.39, 0.29) is 23.1 Å². The van der Waals surface area contributed by atoms with E-state index in [9.17, 15) is 9.18 Å². The molecule has 1 aromatic carbocycles. The summed E-state index contributed by atoms with van der Waals surface area (Å²) in [6.45, 7) is 8.34. The summed E-state index contributed by atoms with van der Waals surface area (Å²) < 4.78 is 18.1. The minimum absolute atomic E-state index is 0.0743. The molecule has 112 valence electrons. The van der Waals surface area contributed by atoms with Gasteiger partial charge in [-0.3, -0.25) is 15.6 Å². The third kappa shape index (κ3) is 4.72. The van der Waals surface area contributed by atoms with Gasteiger partial charge in [-0.1, -0.05) is 27.7 Å². The minimum Gasteiger partial charge on any atom is -0.494 e. The van der Waals surface area contributed by atoms with Crippen LogP contribution in [0.25, 0.3) is 0 Å². The van der Waals surface area contributed by atoms with Crippen molar-refractivity contribution in [2.24, 2.45) is 11.3 Å². The highest BCUT2D eigenvalue weighted by Crippen LogP contribution is 2.28. The fraction of sp³-hybridized carbons (Fsp3) is 0.533. The van der Waals surface area contributed by atoms with Crippen LogP contribution < -0.4 is 15.6 Å². The van der Waals surface area contributed by atoms with Crippen LogP contribution in [0.3, 0.4) is 0 Å². The normalized spacial score (nSPS) is 12.7. The number of amides is 1. The molecule has 2 N–H and O–H groups in total. The first-order chi connectivity index (χ1) is 9.24. The maximum absolute atomic E-state index is 13.0. The summed E-state index contributed by atoms with van der Waals surface area (Å²) in [5.41, 5.74) is 5.95. The van der Waals surface area contributed by atoms with Crippen LogP contribution in [0.1, 0.15) is 34.1 Å². The van der Waals surface area contributed by atoms with Crippen molar-refractivity contribution in [3.63, 3.8) is 0 Å². The summed E-state index contributed by atoms with van der Waals surface area (Å²) in [5.74, 6) is 0.0902. The van der Waals surface area contributed by atoms with Gasteiger partial charge < -0.3 is 4.74 Å². The number of halogens is 1. The number of anilines is 1. The van der Waals surface area contributed by atoms with E-state index in [0.29, 0.717) is 17.9 Å². The van der Waals surface area contributed by atoms with Crippen LogP contribution in [0.2, 0.25) is 0 Å². The monoisotopic (exact) mass is 282 g/mol. The zero-order valence-electron chi connectivity index (χ0n) is 12.7. The van der Waals surface area contributed by atoms with Gasteiger partial charge in [0.05, 0.1) is 12.8 Å². The van der Waals surface area contributed by atoms with Crippen molar-refractivity contribution in [3.8, 4) is 5.75 Å². The van der Waals surface area contributed by atoms with Crippen LogP contribution >= 0.6 is 0 Å². The number of hydrazine groups is 1. The van der Waals surface area contributed by atoms with Crippen LogP contribution in [0.5, 0.6) is 5.75 Å². The van der Waals surface area contributed by atoms with Crippen molar-refractivity contribution in [2.75, 3.05) is 12.5 Å². The molecule has 0 unspecified atom stereocenters. The molecule has 0 fully saturated rings. The maximum atomic E-state index is 13.0. The van der Waals surface area contributed by atoms with Gasteiger partial charge in [-0.05, 0) is 23.5 Å². The predicted molar refractivity (Wildman–Crippen MR) is 78.0 cm³/mol. The van der Waals surface area contributed by atoms with E-state index in [0.717, 1.165) is 0 Å². The minimum atomic E-state index is -0.389. The van der Waals surface area contributed by atoms with Gasteiger partial charge in [0.1, 0.15) is 11.6 Å². The third-order valence-electron chi connectivity index (χ3n) is 3.47. The molecule has 4 nitrogen and oxygen atoms in total. The number of hydrogen-bond donors (Lipinski definition) is 2. The standard InChI is InChI=1S/C15H23FN2O2/c1-10(15(2,3)4)8-14(19)18-17-12-7-6-11(16)9-13(12)20-5/h6-7,9-10,17H,8H2,1-5H3,(H,18,19)/t10-/m1/s1. The highest BCUT2D eigenvalue weighted by atomic mass is 19.1. The highest BCUT2D eigenvalue weighted by molar-refractivity contribution is 5.78. The molecule has 0 bridgehead atoms. The van der Waals surface area contributed by atoms with Gasteiger partial charge in [-0.2, -0.15) is 0 Å². The second kappa shape index (κ2) is 6.59. The van der Waals surface area contributed by atoms with Crippen LogP contribution in [-0.4, -0.2) is 13.0 Å². The van der Waals surface area contributed by atoms with Crippen molar-refractivity contribution in [3.05, 3.63) is 24.0 Å². The smallest absolute Gasteiger partial charge is 0.238 e. The lowest BCUT2D eigenvalue weighted by molar-refractivity contribution is -0.122. The Bertz CT molecular complexity index is 469. The fourth-order valence-corrected chi connectivity index (χ4v) is 1.54. The van der Waals surface area contributed by atoms with E-state index in [1.54, 1.807) is 0 Å². The molecular formula is C15H23FN2O2. The molecule has 0 aliphatic rings. The Balaban J connectivity index is 2.57. The Morgan fingerprint density at radius 3 is 2.60 bits per heavy atom. The molecule has 0 saturated heterocycles. The molecule has 0 saturated carbocycles. The van der Waals surface area contributed by atoms with E-state index in [2.05, 4.69) is 31.6 Å². The summed E-state index contributed by atoms with van der Waals surface area (Å²) in [5, 5.41) is 0. The first kappa shape index (κ1) is 16.3. The second-order valence-corrected chi connectivity index (χ2v) is 5.99. The maximum Gasteiger partial charge on any atom is 0.238 e. The lowest BCUT2D eigenvalue weighted by Gasteiger charge is -2.26. The number of benzene rings is 1. The highest BCUT2D eigenvalue weighted by Gasteiger charge is 2.22. The van der Waals surface area contributed by atoms with E-state index in [1.807, 2.05) is 6.92 Å². The number of hydrogen-bond acceptors (Lipinski definition) is 3. The summed E-state index contributed by atoms with van der Waals surface area (Å²) in [7, 11) is 1.45. The fourth-order valence-electron chi connectivity index (χ4n) is 1.54. The Hall–Kier alpha value is -1.78. The third-order valence-corrected chi connectivity index (χ3v) is 3.47. The quantitative estimate of drug-likeness (QED) is 0.814. The molecule has 0 aliphatic carbocycles. The number of ether oxygens (including phenoxy) is 1. The van der Waals surface area contributed by atoms with Gasteiger partial charge in [-0.15, -0.1) is 0 Å². The SMILES string of the molecule is COc1cc(F)ccc1NNC(=O)C[C@@H](C)C(C)(C)C. The lowest BCUT2D eigenvalue weighted by Crippen LogP contribution is -2.33. The zero-order chi connectivity index (χ0) is 15.3. The largest absolute Gasteiger partial charge is 0.494 e. The molecule has 0 aliphatic heterocycles. The summed E-state index contributed by atoms with van der Waals surface area (Å²) in [4.78, 5) is 11.9. The van der Waals surface area contributed by atoms with Gasteiger partial charge in [0, 0.05) is 12.5 Å². The molecule has 1 atom stereocenters. The topological polar surface area (TPSA) is 50.4 Å². The Morgan fingerprint density at radius 2 is 2.05 bits per heavy atom. The molecular weight excluding hydrogens is 259 g/mol. The Labute approximate surface area is 119 Å². The first-order valence-corrected chi connectivity index (χ1v) is 6.62. The molecule has 0 heterocycles. The van der Waals surface area contributed by atoms with Gasteiger partial charge >= 0.3 is 0 Å². The van der Waals surface area contributed by atoms with Crippen molar-refractivity contribution < 1.29 is 13.9 Å². The summed E-state index contributed by atoms with van der Waals surface area (Å²) in [6.07, 6.45) is 0.417. The molecule has 0 radical (unpaired) electrons. The average molecular weight is 282 g/mol. The Morgan fingerprint density at radius 1 is 1.40 bits per heavy atom. The summed E-state index contributed by atoms with van der Waals surface area (Å²) >= 11 is 0. The van der Waals surface area contributed by atoms with Crippen LogP contribution in [0.4, 0.5) is 10.1 Å². The Kier molecular flexibility index (Phi) is 5.36. The lowest BCUT2D eigenvalue weighted by atomic mass is 9.80. The van der Waals surface area contributed by atoms with E-state index < -0.39 is 0 Å². The van der Waals surface area contributed by atoms with Crippen molar-refractivity contribution in [2.45, 2.75) is 34.1 Å². The zero-order valence-corrected chi connectivity index (χ0v) is 12.7. The van der Waals surface area contributed by atoms with Crippen molar-refractivity contribution in [1.82, 2.24) is 5.43 Å². The average Bonchev–Trinajstić information content (AvgIpc) is 2.35. The number of nitrogens with one attached hydrogen (secondary N) is 2. The predicted octanol–water partition coefficient (Wildman–Crippen LogP) is 3.35. The van der Waals surface area contributed by atoms with Crippen molar-refractivity contribution in [1.29, 1.82) is 0 Å². The molecule has 1 amide bonds. The van der Waals surface area contributed by atoms with Crippen LogP contribution in [0, 0.1) is 17.2 Å². The molecule has 20 heavy (non-hydrogen) atoms. The molecule has 1 aromatic rings. The number of methoxy groups -OCH3 is 1. The summed E-state index contributed by atoms with van der Waals surface area (Å²) in [6, 6.07) is 4.07. The van der Waals surface area contributed by atoms with E-state index >= 15 is 0 Å². The van der Waals surface area contributed by atoms with E-state index in [4.69, 9.17) is 4.74 Å². The van der Waals surface area contributed by atoms with E-state index in [1.165, 1.54) is 25.3 Å². The van der Waals surface area contributed by atoms with Gasteiger partial charge in [0.15, 0.2) is 0 Å². The number of carbonyl (C=O) groups excluding carboxylic acids is 1. The van der Waals surface area contributed by atoms with Gasteiger partial charge in [0.25, 0.3) is 0 Å². The van der Waals surface area contributed by atoms with Gasteiger partial charge in [0.2, 0.25) is 5.91 Å². The van der Waals surface area contributed by atoms with Crippen LogP contribution in [0.15, 0.2) is 18.2 Å². The molecule has 1 rings (SSSR count). The molecule has 0 aromatic heterocycles. The second-order valence-electron chi connectivity index (χ2n) is 5.99. The van der Waals surface area contributed by atoms with Gasteiger partial charge in [-0.25, -0.2) is 4.39 Å². The number of rotatable bonds is 5. The first-order valence-electron chi connectivity index (χ1n) is 6.62. The van der Waals surface area contributed by atoms with Crippen molar-refractivity contribution >= 4 is 11.6 Å². The molecule has 5 heteroatoms. The van der Waals surface area contributed by atoms with Crippen LogP contribution in [-0.2, 0) is 4.79 Å².